The van der Waals surface area contributed by atoms with E-state index in [0.717, 1.165) is 19.1 Å². The molecule has 24 heavy (non-hydrogen) atoms. The standard InChI is InChI=1S/C17H26N2O4S/c1-13-7-6-10-18(12-13)17(20)14(2)19(24(4,21)22)15-8-5-9-16(11-15)23-3/h5,8-9,11,13-14H,6-7,10,12H2,1-4H3/t13-,14+/m1/s1. The van der Waals surface area contributed by atoms with E-state index in [1.807, 2.05) is 0 Å². The van der Waals surface area contributed by atoms with E-state index < -0.39 is 16.1 Å². The minimum absolute atomic E-state index is 0.158. The first-order valence-electron chi connectivity index (χ1n) is 8.16. The number of amides is 1. The van der Waals surface area contributed by atoms with Crippen molar-refractivity contribution in [3.8, 4) is 5.75 Å². The Labute approximate surface area is 144 Å². The van der Waals surface area contributed by atoms with Gasteiger partial charge in [-0.05, 0) is 37.8 Å². The van der Waals surface area contributed by atoms with Crippen LogP contribution in [-0.2, 0) is 14.8 Å². The number of benzene rings is 1. The lowest BCUT2D eigenvalue weighted by molar-refractivity contribution is -0.133. The van der Waals surface area contributed by atoms with Gasteiger partial charge in [-0.25, -0.2) is 8.42 Å². The SMILES string of the molecule is COc1cccc(N([C@@H](C)C(=O)N2CCC[C@@H](C)C2)S(C)(=O)=O)c1. The van der Waals surface area contributed by atoms with Gasteiger partial charge in [0.25, 0.3) is 0 Å². The van der Waals surface area contributed by atoms with E-state index in [9.17, 15) is 13.2 Å². The maximum Gasteiger partial charge on any atom is 0.246 e. The molecule has 6 nitrogen and oxygen atoms in total. The number of anilines is 1. The second-order valence-corrected chi connectivity index (χ2v) is 8.33. The molecule has 0 aliphatic carbocycles. The highest BCUT2D eigenvalue weighted by Crippen LogP contribution is 2.26. The quantitative estimate of drug-likeness (QED) is 0.812. The lowest BCUT2D eigenvalue weighted by atomic mass is 10.00. The molecule has 2 atom stereocenters. The Morgan fingerprint density at radius 1 is 1.42 bits per heavy atom. The van der Waals surface area contributed by atoms with Crippen LogP contribution in [0.3, 0.4) is 0 Å². The van der Waals surface area contributed by atoms with Crippen molar-refractivity contribution >= 4 is 21.6 Å². The second kappa shape index (κ2) is 7.42. The summed E-state index contributed by atoms with van der Waals surface area (Å²) < 4.78 is 31.0. The first-order valence-corrected chi connectivity index (χ1v) is 10.0. The van der Waals surface area contributed by atoms with E-state index in [1.165, 1.54) is 11.4 Å². The number of sulfonamides is 1. The van der Waals surface area contributed by atoms with Crippen molar-refractivity contribution in [2.24, 2.45) is 5.92 Å². The molecular formula is C17H26N2O4S. The van der Waals surface area contributed by atoms with Gasteiger partial charge in [-0.15, -0.1) is 0 Å². The summed E-state index contributed by atoms with van der Waals surface area (Å²) in [5, 5.41) is 0. The fourth-order valence-corrected chi connectivity index (χ4v) is 4.37. The maximum atomic E-state index is 12.8. The number of hydrogen-bond acceptors (Lipinski definition) is 4. The highest BCUT2D eigenvalue weighted by atomic mass is 32.2. The maximum absolute atomic E-state index is 12.8. The van der Waals surface area contributed by atoms with Gasteiger partial charge in [0, 0.05) is 19.2 Å². The molecule has 1 aliphatic rings. The van der Waals surface area contributed by atoms with Crippen LogP contribution in [0.15, 0.2) is 24.3 Å². The average Bonchev–Trinajstić information content (AvgIpc) is 2.53. The highest BCUT2D eigenvalue weighted by molar-refractivity contribution is 7.92. The number of piperidine rings is 1. The minimum atomic E-state index is -3.61. The van der Waals surface area contributed by atoms with Crippen molar-refractivity contribution in [3.63, 3.8) is 0 Å². The fraction of sp³-hybridized carbons (Fsp3) is 0.588. The first kappa shape index (κ1) is 18.6. The van der Waals surface area contributed by atoms with Crippen LogP contribution < -0.4 is 9.04 Å². The summed E-state index contributed by atoms with van der Waals surface area (Å²) in [6, 6.07) is 5.96. The predicted octanol–water partition coefficient (Wildman–Crippen LogP) is 2.11. The van der Waals surface area contributed by atoms with Crippen molar-refractivity contribution in [1.29, 1.82) is 0 Å². The largest absolute Gasteiger partial charge is 0.497 e. The zero-order valence-corrected chi connectivity index (χ0v) is 15.5. The van der Waals surface area contributed by atoms with Crippen molar-refractivity contribution in [3.05, 3.63) is 24.3 Å². The number of methoxy groups -OCH3 is 1. The number of carbonyl (C=O) groups is 1. The predicted molar refractivity (Wildman–Crippen MR) is 94.8 cm³/mol. The molecule has 0 radical (unpaired) electrons. The third-order valence-electron chi connectivity index (χ3n) is 4.34. The highest BCUT2D eigenvalue weighted by Gasteiger charge is 2.33. The van der Waals surface area contributed by atoms with Gasteiger partial charge >= 0.3 is 0 Å². The van der Waals surface area contributed by atoms with Gasteiger partial charge in [0.15, 0.2) is 0 Å². The Balaban J connectivity index is 2.32. The monoisotopic (exact) mass is 354 g/mol. The van der Waals surface area contributed by atoms with Crippen molar-refractivity contribution in [1.82, 2.24) is 4.90 Å². The van der Waals surface area contributed by atoms with Gasteiger partial charge in [0.1, 0.15) is 11.8 Å². The van der Waals surface area contributed by atoms with Crippen LogP contribution in [0.25, 0.3) is 0 Å². The van der Waals surface area contributed by atoms with Crippen LogP contribution in [-0.4, -0.2) is 51.7 Å². The summed E-state index contributed by atoms with van der Waals surface area (Å²) in [6.45, 7) is 5.12. The molecule has 0 unspecified atom stereocenters. The second-order valence-electron chi connectivity index (χ2n) is 6.47. The summed E-state index contributed by atoms with van der Waals surface area (Å²) >= 11 is 0. The Morgan fingerprint density at radius 2 is 2.12 bits per heavy atom. The molecule has 1 heterocycles. The smallest absolute Gasteiger partial charge is 0.246 e. The van der Waals surface area contributed by atoms with Crippen LogP contribution in [0.2, 0.25) is 0 Å². The fourth-order valence-electron chi connectivity index (χ4n) is 3.20. The molecule has 1 aliphatic heterocycles. The van der Waals surface area contributed by atoms with E-state index in [1.54, 1.807) is 36.1 Å². The van der Waals surface area contributed by atoms with E-state index in [2.05, 4.69) is 6.92 Å². The summed E-state index contributed by atoms with van der Waals surface area (Å²) in [4.78, 5) is 14.6. The van der Waals surface area contributed by atoms with Gasteiger partial charge in [-0.3, -0.25) is 9.10 Å². The van der Waals surface area contributed by atoms with Gasteiger partial charge in [0.2, 0.25) is 15.9 Å². The summed E-state index contributed by atoms with van der Waals surface area (Å²) in [7, 11) is -2.09. The Morgan fingerprint density at radius 3 is 2.71 bits per heavy atom. The minimum Gasteiger partial charge on any atom is -0.497 e. The molecular weight excluding hydrogens is 328 g/mol. The van der Waals surface area contributed by atoms with Crippen LogP contribution in [0, 0.1) is 5.92 Å². The number of ether oxygens (including phenoxy) is 1. The Bertz CT molecular complexity index is 690. The molecule has 7 heteroatoms. The molecule has 1 aromatic rings. The summed E-state index contributed by atoms with van der Waals surface area (Å²) in [6.07, 6.45) is 3.18. The number of hydrogen-bond donors (Lipinski definition) is 0. The number of carbonyl (C=O) groups excluding carboxylic acids is 1. The van der Waals surface area contributed by atoms with Crippen LogP contribution in [0.4, 0.5) is 5.69 Å². The molecule has 2 rings (SSSR count). The van der Waals surface area contributed by atoms with E-state index in [-0.39, 0.29) is 5.91 Å². The average molecular weight is 354 g/mol. The normalized spacial score (nSPS) is 19.7. The van der Waals surface area contributed by atoms with E-state index >= 15 is 0 Å². The molecule has 0 spiro atoms. The van der Waals surface area contributed by atoms with E-state index in [4.69, 9.17) is 4.74 Å². The number of rotatable bonds is 5. The molecule has 0 N–H and O–H groups in total. The topological polar surface area (TPSA) is 66.9 Å². The van der Waals surface area contributed by atoms with Crippen molar-refractivity contribution in [2.75, 3.05) is 30.8 Å². The summed E-state index contributed by atoms with van der Waals surface area (Å²) in [5.74, 6) is 0.834. The van der Waals surface area contributed by atoms with Crippen molar-refractivity contribution in [2.45, 2.75) is 32.7 Å². The van der Waals surface area contributed by atoms with Crippen LogP contribution in [0.1, 0.15) is 26.7 Å². The zero-order chi connectivity index (χ0) is 17.9. The Kier molecular flexibility index (Phi) is 5.74. The van der Waals surface area contributed by atoms with Crippen molar-refractivity contribution < 1.29 is 17.9 Å². The van der Waals surface area contributed by atoms with E-state index in [0.29, 0.717) is 30.4 Å². The first-order chi connectivity index (χ1) is 11.2. The van der Waals surface area contributed by atoms with Gasteiger partial charge in [-0.1, -0.05) is 13.0 Å². The molecule has 0 saturated carbocycles. The van der Waals surface area contributed by atoms with Gasteiger partial charge in [0.05, 0.1) is 19.1 Å². The molecule has 1 fully saturated rings. The van der Waals surface area contributed by atoms with Gasteiger partial charge in [-0.2, -0.15) is 0 Å². The molecule has 1 saturated heterocycles. The molecule has 1 amide bonds. The summed E-state index contributed by atoms with van der Waals surface area (Å²) in [5.41, 5.74) is 0.433. The lowest BCUT2D eigenvalue weighted by Gasteiger charge is -2.36. The molecule has 1 aromatic carbocycles. The lowest BCUT2D eigenvalue weighted by Crippen LogP contribution is -2.51. The number of nitrogens with zero attached hydrogens (tertiary/aromatic N) is 2. The van der Waals surface area contributed by atoms with Gasteiger partial charge < -0.3 is 9.64 Å². The Hall–Kier alpha value is -1.76. The molecule has 0 bridgehead atoms. The third kappa shape index (κ3) is 4.20. The third-order valence-corrected chi connectivity index (χ3v) is 5.58. The molecule has 134 valence electrons. The van der Waals surface area contributed by atoms with Crippen LogP contribution in [0.5, 0.6) is 5.75 Å². The van der Waals surface area contributed by atoms with Crippen LogP contribution >= 0.6 is 0 Å². The zero-order valence-electron chi connectivity index (χ0n) is 14.7. The number of likely N-dealkylation sites (tertiary alicyclic amines) is 1. The molecule has 0 aromatic heterocycles.